The fraction of sp³-hybridized carbons (Fsp3) is 0.619. The number of likely N-dealkylation sites (tertiary alicyclic amines) is 2. The Labute approximate surface area is 166 Å². The first-order chi connectivity index (χ1) is 13.5. The van der Waals surface area contributed by atoms with Crippen molar-refractivity contribution in [3.05, 3.63) is 30.1 Å². The zero-order valence-electron chi connectivity index (χ0n) is 16.5. The largest absolute Gasteiger partial charge is 0.369 e. The molecule has 2 atom stereocenters. The molecule has 2 fully saturated rings. The van der Waals surface area contributed by atoms with Crippen molar-refractivity contribution in [3.63, 3.8) is 0 Å². The Kier molecular flexibility index (Phi) is 6.65. The summed E-state index contributed by atoms with van der Waals surface area (Å²) in [5.74, 6) is 0.437. The van der Waals surface area contributed by atoms with Crippen molar-refractivity contribution in [2.24, 2.45) is 23.5 Å². The standard InChI is InChI=1S/C21H30N4O3/c1-2-15-14-25(21(28)18-4-3-8-23-13-18)11-7-17(15)12-19(26)24-9-5-16(6-10-24)20(22)27/h3-4,8,13,15-17H,2,5-7,9-12,14H2,1H3,(H2,22,27)/t15-,17-/m0/s1. The van der Waals surface area contributed by atoms with Crippen LogP contribution in [0, 0.1) is 17.8 Å². The number of hydrogen-bond acceptors (Lipinski definition) is 4. The first kappa shape index (κ1) is 20.3. The molecule has 0 bridgehead atoms. The van der Waals surface area contributed by atoms with E-state index in [2.05, 4.69) is 11.9 Å². The van der Waals surface area contributed by atoms with Gasteiger partial charge in [-0.05, 0) is 43.2 Å². The number of rotatable bonds is 5. The Balaban J connectivity index is 1.54. The van der Waals surface area contributed by atoms with E-state index in [4.69, 9.17) is 5.73 Å². The summed E-state index contributed by atoms with van der Waals surface area (Å²) >= 11 is 0. The number of aromatic nitrogens is 1. The highest BCUT2D eigenvalue weighted by Gasteiger charge is 2.34. The third kappa shape index (κ3) is 4.69. The van der Waals surface area contributed by atoms with Gasteiger partial charge in [-0.15, -0.1) is 0 Å². The Bertz CT molecular complexity index is 701. The molecule has 28 heavy (non-hydrogen) atoms. The van der Waals surface area contributed by atoms with E-state index in [1.165, 1.54) is 0 Å². The number of nitrogens with two attached hydrogens (primary N) is 1. The van der Waals surface area contributed by atoms with E-state index in [1.807, 2.05) is 9.80 Å². The number of piperidine rings is 2. The zero-order chi connectivity index (χ0) is 20.1. The van der Waals surface area contributed by atoms with Crippen molar-refractivity contribution in [1.29, 1.82) is 0 Å². The molecule has 2 aliphatic heterocycles. The molecule has 1 aromatic rings. The van der Waals surface area contributed by atoms with Crippen LogP contribution in [0.1, 0.15) is 49.4 Å². The second kappa shape index (κ2) is 9.17. The van der Waals surface area contributed by atoms with Crippen molar-refractivity contribution >= 4 is 17.7 Å². The number of primary amides is 1. The average molecular weight is 386 g/mol. The quantitative estimate of drug-likeness (QED) is 0.833. The second-order valence-electron chi connectivity index (χ2n) is 7.97. The normalized spacial score (nSPS) is 23.5. The van der Waals surface area contributed by atoms with Crippen LogP contribution in [0.25, 0.3) is 0 Å². The van der Waals surface area contributed by atoms with Gasteiger partial charge in [0.15, 0.2) is 0 Å². The lowest BCUT2D eigenvalue weighted by Crippen LogP contribution is -2.46. The Morgan fingerprint density at radius 1 is 1.11 bits per heavy atom. The summed E-state index contributed by atoms with van der Waals surface area (Å²) in [6, 6.07) is 3.57. The fourth-order valence-corrected chi connectivity index (χ4v) is 4.44. The first-order valence-corrected chi connectivity index (χ1v) is 10.3. The van der Waals surface area contributed by atoms with Gasteiger partial charge in [0.05, 0.1) is 5.56 Å². The van der Waals surface area contributed by atoms with Gasteiger partial charge >= 0.3 is 0 Å². The lowest BCUT2D eigenvalue weighted by atomic mass is 9.81. The zero-order valence-corrected chi connectivity index (χ0v) is 16.5. The van der Waals surface area contributed by atoms with Gasteiger partial charge in [0, 0.05) is 50.9 Å². The van der Waals surface area contributed by atoms with Gasteiger partial charge in [0.2, 0.25) is 11.8 Å². The minimum atomic E-state index is -0.260. The van der Waals surface area contributed by atoms with Gasteiger partial charge in [0.25, 0.3) is 5.91 Å². The second-order valence-corrected chi connectivity index (χ2v) is 7.97. The molecule has 0 unspecified atom stereocenters. The Hall–Kier alpha value is -2.44. The molecule has 2 aliphatic rings. The van der Waals surface area contributed by atoms with E-state index in [9.17, 15) is 14.4 Å². The van der Waals surface area contributed by atoms with E-state index in [-0.39, 0.29) is 23.6 Å². The molecule has 0 spiro atoms. The number of amides is 3. The molecule has 0 aromatic carbocycles. The van der Waals surface area contributed by atoms with Gasteiger partial charge in [-0.25, -0.2) is 0 Å². The van der Waals surface area contributed by atoms with E-state index >= 15 is 0 Å². The molecular weight excluding hydrogens is 356 g/mol. The highest BCUT2D eigenvalue weighted by Crippen LogP contribution is 2.31. The number of pyridine rings is 1. The van der Waals surface area contributed by atoms with Crippen LogP contribution in [-0.4, -0.2) is 58.7 Å². The molecule has 3 amide bonds. The van der Waals surface area contributed by atoms with Crippen molar-refractivity contribution in [2.45, 2.75) is 39.0 Å². The maximum atomic E-state index is 12.8. The van der Waals surface area contributed by atoms with Crippen LogP contribution >= 0.6 is 0 Å². The van der Waals surface area contributed by atoms with Crippen molar-refractivity contribution < 1.29 is 14.4 Å². The molecular formula is C21H30N4O3. The van der Waals surface area contributed by atoms with Crippen molar-refractivity contribution in [2.75, 3.05) is 26.2 Å². The first-order valence-electron chi connectivity index (χ1n) is 10.3. The molecule has 2 saturated heterocycles. The summed E-state index contributed by atoms with van der Waals surface area (Å²) in [6.45, 7) is 4.71. The van der Waals surface area contributed by atoms with Crippen molar-refractivity contribution in [1.82, 2.24) is 14.8 Å². The molecule has 1 aromatic heterocycles. The number of nitrogens with zero attached hydrogens (tertiary/aromatic N) is 3. The van der Waals surface area contributed by atoms with Crippen LogP contribution in [-0.2, 0) is 9.59 Å². The summed E-state index contributed by atoms with van der Waals surface area (Å²) in [7, 11) is 0. The fourth-order valence-electron chi connectivity index (χ4n) is 4.44. The maximum absolute atomic E-state index is 12.8. The highest BCUT2D eigenvalue weighted by atomic mass is 16.2. The lowest BCUT2D eigenvalue weighted by Gasteiger charge is -2.39. The molecule has 7 heteroatoms. The monoisotopic (exact) mass is 386 g/mol. The van der Waals surface area contributed by atoms with Crippen LogP contribution in [0.15, 0.2) is 24.5 Å². The van der Waals surface area contributed by atoms with Gasteiger partial charge in [-0.1, -0.05) is 13.3 Å². The molecule has 0 radical (unpaired) electrons. The number of hydrogen-bond donors (Lipinski definition) is 1. The third-order valence-corrected chi connectivity index (χ3v) is 6.30. The molecule has 0 aliphatic carbocycles. The van der Waals surface area contributed by atoms with Crippen LogP contribution < -0.4 is 5.73 Å². The topological polar surface area (TPSA) is 96.6 Å². The molecule has 7 nitrogen and oxygen atoms in total. The lowest BCUT2D eigenvalue weighted by molar-refractivity contribution is -0.136. The predicted molar refractivity (Wildman–Crippen MR) is 105 cm³/mol. The molecule has 2 N–H and O–H groups in total. The van der Waals surface area contributed by atoms with Crippen molar-refractivity contribution in [3.8, 4) is 0 Å². The van der Waals surface area contributed by atoms with E-state index in [0.717, 1.165) is 12.8 Å². The maximum Gasteiger partial charge on any atom is 0.255 e. The van der Waals surface area contributed by atoms with E-state index < -0.39 is 0 Å². The summed E-state index contributed by atoms with van der Waals surface area (Å²) < 4.78 is 0. The van der Waals surface area contributed by atoms with E-state index in [1.54, 1.807) is 24.5 Å². The molecule has 3 heterocycles. The number of carbonyl (C=O) groups excluding carboxylic acids is 3. The van der Waals surface area contributed by atoms with Gasteiger partial charge in [-0.2, -0.15) is 0 Å². The summed E-state index contributed by atoms with van der Waals surface area (Å²) in [6.07, 6.45) is 6.90. The molecule has 0 saturated carbocycles. The average Bonchev–Trinajstić information content (AvgIpc) is 2.74. The molecule has 152 valence electrons. The minimum Gasteiger partial charge on any atom is -0.369 e. The van der Waals surface area contributed by atoms with E-state index in [0.29, 0.717) is 62.8 Å². The summed E-state index contributed by atoms with van der Waals surface area (Å²) in [5, 5.41) is 0. The molecule has 3 rings (SSSR count). The van der Waals surface area contributed by atoms with Crippen LogP contribution in [0.4, 0.5) is 0 Å². The summed E-state index contributed by atoms with van der Waals surface area (Å²) in [5.41, 5.74) is 5.99. The van der Waals surface area contributed by atoms with Crippen LogP contribution in [0.5, 0.6) is 0 Å². The van der Waals surface area contributed by atoms with Crippen LogP contribution in [0.3, 0.4) is 0 Å². The predicted octanol–water partition coefficient (Wildman–Crippen LogP) is 1.68. The Morgan fingerprint density at radius 2 is 1.82 bits per heavy atom. The van der Waals surface area contributed by atoms with Gasteiger partial charge in [-0.3, -0.25) is 19.4 Å². The minimum absolute atomic E-state index is 0.0184. The SMILES string of the molecule is CC[C@H]1CN(C(=O)c2cccnc2)CC[C@H]1CC(=O)N1CCC(C(N)=O)CC1. The van der Waals surface area contributed by atoms with Gasteiger partial charge in [0.1, 0.15) is 0 Å². The number of carbonyl (C=O) groups is 3. The summed E-state index contributed by atoms with van der Waals surface area (Å²) in [4.78, 5) is 44.6. The Morgan fingerprint density at radius 3 is 2.43 bits per heavy atom. The highest BCUT2D eigenvalue weighted by molar-refractivity contribution is 5.94. The smallest absolute Gasteiger partial charge is 0.255 e. The third-order valence-electron chi connectivity index (χ3n) is 6.30. The van der Waals surface area contributed by atoms with Gasteiger partial charge < -0.3 is 15.5 Å². The van der Waals surface area contributed by atoms with Crippen LogP contribution in [0.2, 0.25) is 0 Å².